The highest BCUT2D eigenvalue weighted by Crippen LogP contribution is 2.25. The van der Waals surface area contributed by atoms with Gasteiger partial charge in [-0.1, -0.05) is 25.3 Å². The average Bonchev–Trinajstić information content (AvgIpc) is 2.85. The third-order valence-corrected chi connectivity index (χ3v) is 4.65. The van der Waals surface area contributed by atoms with Gasteiger partial charge >= 0.3 is 0 Å². The molecule has 5 heteroatoms. The Balaban J connectivity index is 2.22. The van der Waals surface area contributed by atoms with Crippen LogP contribution in [-0.4, -0.2) is 21.0 Å². The summed E-state index contributed by atoms with van der Waals surface area (Å²) in [6.45, 7) is 2.83. The molecule has 1 heterocycles. The van der Waals surface area contributed by atoms with Gasteiger partial charge in [0.25, 0.3) is 0 Å². The van der Waals surface area contributed by atoms with Crippen molar-refractivity contribution in [3.63, 3.8) is 0 Å². The summed E-state index contributed by atoms with van der Waals surface area (Å²) in [6, 6.07) is 4.71. The molecule has 102 valence electrons. The smallest absolute Gasteiger partial charge is 0.241 e. The van der Waals surface area contributed by atoms with Gasteiger partial charge in [0.1, 0.15) is 0 Å². The largest absolute Gasteiger partial charge is 0.384 e. The summed E-state index contributed by atoms with van der Waals surface area (Å²) in [6.07, 6.45) is 7.76. The summed E-state index contributed by atoms with van der Waals surface area (Å²) < 4.78 is 27.0. The Bertz CT molecular complexity index is 602. The van der Waals surface area contributed by atoms with Gasteiger partial charge in [-0.25, -0.2) is 8.42 Å². The van der Waals surface area contributed by atoms with Crippen molar-refractivity contribution in [3.8, 4) is 12.3 Å². The van der Waals surface area contributed by atoms with Crippen molar-refractivity contribution < 1.29 is 8.42 Å². The fourth-order valence-corrected chi connectivity index (χ4v) is 3.37. The second kappa shape index (κ2) is 5.64. The van der Waals surface area contributed by atoms with E-state index < -0.39 is 16.1 Å². The Hall–Kier alpha value is -1.51. The van der Waals surface area contributed by atoms with Crippen LogP contribution in [0, 0.1) is 12.3 Å². The van der Waals surface area contributed by atoms with Crippen molar-refractivity contribution in [3.05, 3.63) is 23.8 Å². The normalized spacial score (nSPS) is 15.4. The number of rotatable bonds is 5. The Morgan fingerprint density at radius 1 is 1.53 bits per heavy atom. The minimum atomic E-state index is -3.55. The SMILES string of the molecule is C#CC(CCC)NS(=O)(=O)c1ccc2c(c1)NCC2. The summed E-state index contributed by atoms with van der Waals surface area (Å²) in [5.41, 5.74) is 2.05. The number of anilines is 1. The number of fused-ring (bicyclic) bond motifs is 1. The van der Waals surface area contributed by atoms with Gasteiger partial charge in [0.2, 0.25) is 10.0 Å². The molecular formula is C14H18N2O2S. The minimum absolute atomic E-state index is 0.261. The molecule has 2 N–H and O–H groups in total. The first-order valence-electron chi connectivity index (χ1n) is 6.42. The lowest BCUT2D eigenvalue weighted by Crippen LogP contribution is -2.33. The lowest BCUT2D eigenvalue weighted by molar-refractivity contribution is 0.564. The maximum atomic E-state index is 12.2. The van der Waals surface area contributed by atoms with Crippen LogP contribution in [-0.2, 0) is 16.4 Å². The van der Waals surface area contributed by atoms with E-state index in [1.807, 2.05) is 13.0 Å². The number of sulfonamides is 1. The minimum Gasteiger partial charge on any atom is -0.384 e. The number of terminal acetylenes is 1. The van der Waals surface area contributed by atoms with Crippen molar-refractivity contribution in [2.24, 2.45) is 0 Å². The Kier molecular flexibility index (Phi) is 4.13. The van der Waals surface area contributed by atoms with Crippen molar-refractivity contribution in [2.75, 3.05) is 11.9 Å². The fourth-order valence-electron chi connectivity index (χ4n) is 2.16. The maximum Gasteiger partial charge on any atom is 0.241 e. The third kappa shape index (κ3) is 3.09. The van der Waals surface area contributed by atoms with E-state index in [0.29, 0.717) is 6.42 Å². The topological polar surface area (TPSA) is 58.2 Å². The zero-order chi connectivity index (χ0) is 13.9. The molecule has 1 aliphatic heterocycles. The molecule has 1 aromatic carbocycles. The summed E-state index contributed by atoms with van der Waals surface area (Å²) in [7, 11) is -3.55. The summed E-state index contributed by atoms with van der Waals surface area (Å²) in [5, 5.41) is 3.17. The summed E-state index contributed by atoms with van der Waals surface area (Å²) in [4.78, 5) is 0.261. The first-order valence-corrected chi connectivity index (χ1v) is 7.90. The Morgan fingerprint density at radius 2 is 2.32 bits per heavy atom. The van der Waals surface area contributed by atoms with Crippen LogP contribution in [0.4, 0.5) is 5.69 Å². The number of benzene rings is 1. The van der Waals surface area contributed by atoms with Crippen LogP contribution in [0.25, 0.3) is 0 Å². The molecule has 0 bridgehead atoms. The van der Waals surface area contributed by atoms with Gasteiger partial charge < -0.3 is 5.32 Å². The third-order valence-electron chi connectivity index (χ3n) is 3.18. The van der Waals surface area contributed by atoms with Crippen molar-refractivity contribution in [1.82, 2.24) is 4.72 Å². The van der Waals surface area contributed by atoms with Crippen molar-refractivity contribution in [2.45, 2.75) is 37.1 Å². The van der Waals surface area contributed by atoms with Crippen molar-refractivity contribution in [1.29, 1.82) is 0 Å². The van der Waals surface area contributed by atoms with E-state index in [1.54, 1.807) is 12.1 Å². The molecule has 0 aliphatic carbocycles. The van der Waals surface area contributed by atoms with E-state index in [0.717, 1.165) is 30.6 Å². The zero-order valence-corrected chi connectivity index (χ0v) is 11.8. The number of hydrogen-bond acceptors (Lipinski definition) is 3. The first-order chi connectivity index (χ1) is 9.06. The van der Waals surface area contributed by atoms with E-state index in [9.17, 15) is 8.42 Å². The monoisotopic (exact) mass is 278 g/mol. The number of nitrogens with one attached hydrogen (secondary N) is 2. The van der Waals surface area contributed by atoms with Crippen LogP contribution in [0.5, 0.6) is 0 Å². The Morgan fingerprint density at radius 3 is 3.00 bits per heavy atom. The van der Waals surface area contributed by atoms with E-state index >= 15 is 0 Å². The molecule has 1 atom stereocenters. The highest BCUT2D eigenvalue weighted by Gasteiger charge is 2.20. The predicted octanol–water partition coefficient (Wildman–Crippen LogP) is 1.73. The lowest BCUT2D eigenvalue weighted by Gasteiger charge is -2.13. The predicted molar refractivity (Wildman–Crippen MR) is 76.5 cm³/mol. The zero-order valence-electron chi connectivity index (χ0n) is 10.9. The molecule has 0 amide bonds. The van der Waals surface area contributed by atoms with Crippen LogP contribution in [0.1, 0.15) is 25.3 Å². The molecule has 4 nitrogen and oxygen atoms in total. The van der Waals surface area contributed by atoms with Gasteiger partial charge in [-0.3, -0.25) is 0 Å². The van der Waals surface area contributed by atoms with E-state index in [2.05, 4.69) is 16.0 Å². The Labute approximate surface area is 114 Å². The van der Waals surface area contributed by atoms with Gasteiger partial charge in [0.15, 0.2) is 0 Å². The van der Waals surface area contributed by atoms with Crippen LogP contribution < -0.4 is 10.0 Å². The molecule has 1 unspecified atom stereocenters. The molecule has 19 heavy (non-hydrogen) atoms. The average molecular weight is 278 g/mol. The lowest BCUT2D eigenvalue weighted by atomic mass is 10.2. The molecule has 0 fully saturated rings. The quantitative estimate of drug-likeness (QED) is 0.807. The van der Waals surface area contributed by atoms with Gasteiger partial charge in [0, 0.05) is 12.2 Å². The van der Waals surface area contributed by atoms with Crippen LogP contribution in [0.2, 0.25) is 0 Å². The van der Waals surface area contributed by atoms with E-state index in [1.165, 1.54) is 0 Å². The number of hydrogen-bond donors (Lipinski definition) is 2. The molecule has 1 aromatic rings. The van der Waals surface area contributed by atoms with E-state index in [-0.39, 0.29) is 4.90 Å². The summed E-state index contributed by atoms with van der Waals surface area (Å²) >= 11 is 0. The molecule has 1 aliphatic rings. The standard InChI is InChI=1S/C14H18N2O2S/c1-3-5-12(4-2)16-19(17,18)13-7-6-11-8-9-15-14(11)10-13/h2,6-7,10,12,15-16H,3,5,8-9H2,1H3. The molecule has 0 spiro atoms. The van der Waals surface area contributed by atoms with Crippen LogP contribution in [0.3, 0.4) is 0 Å². The molecule has 2 rings (SSSR count). The van der Waals surface area contributed by atoms with Gasteiger partial charge in [-0.2, -0.15) is 4.72 Å². The second-order valence-corrected chi connectivity index (χ2v) is 6.34. The highest BCUT2D eigenvalue weighted by atomic mass is 32.2. The highest BCUT2D eigenvalue weighted by molar-refractivity contribution is 7.89. The summed E-state index contributed by atoms with van der Waals surface area (Å²) in [5.74, 6) is 2.48. The van der Waals surface area contributed by atoms with Crippen LogP contribution >= 0.6 is 0 Å². The van der Waals surface area contributed by atoms with Crippen molar-refractivity contribution >= 4 is 15.7 Å². The van der Waals surface area contributed by atoms with Gasteiger partial charge in [0.05, 0.1) is 10.9 Å². The molecule has 0 saturated carbocycles. The van der Waals surface area contributed by atoms with E-state index in [4.69, 9.17) is 6.42 Å². The van der Waals surface area contributed by atoms with Gasteiger partial charge in [-0.15, -0.1) is 6.42 Å². The molecule has 0 saturated heterocycles. The van der Waals surface area contributed by atoms with Gasteiger partial charge in [-0.05, 0) is 30.5 Å². The second-order valence-electron chi connectivity index (χ2n) is 4.62. The molecule has 0 radical (unpaired) electrons. The first kappa shape index (κ1) is 13.9. The fraction of sp³-hybridized carbons (Fsp3) is 0.429. The molecular weight excluding hydrogens is 260 g/mol. The molecule has 0 aromatic heterocycles. The maximum absolute atomic E-state index is 12.2. The van der Waals surface area contributed by atoms with Crippen LogP contribution in [0.15, 0.2) is 23.1 Å².